The number of halogens is 2. The van der Waals surface area contributed by atoms with Gasteiger partial charge in [0.25, 0.3) is 0 Å². The zero-order valence-electron chi connectivity index (χ0n) is 12.2. The average molecular weight is 336 g/mol. The largest absolute Gasteiger partial charge is 0.382 e. The van der Waals surface area contributed by atoms with Gasteiger partial charge in [-0.3, -0.25) is 4.79 Å². The van der Waals surface area contributed by atoms with Crippen LogP contribution in [0.2, 0.25) is 5.02 Å². The summed E-state index contributed by atoms with van der Waals surface area (Å²) in [6.07, 6.45) is 1.92. The molecule has 1 aromatic heterocycles. The lowest BCUT2D eigenvalue weighted by Crippen LogP contribution is -2.33. The van der Waals surface area contributed by atoms with Crippen LogP contribution in [0, 0.1) is 5.82 Å². The molecular formula is C15H15ClFN5O. The van der Waals surface area contributed by atoms with Crippen molar-refractivity contribution in [1.82, 2.24) is 14.9 Å². The Balaban J connectivity index is 1.67. The van der Waals surface area contributed by atoms with Gasteiger partial charge in [0.05, 0.1) is 0 Å². The lowest BCUT2D eigenvalue weighted by Gasteiger charge is -2.18. The summed E-state index contributed by atoms with van der Waals surface area (Å²) in [5.41, 5.74) is 6.50. The smallest absolute Gasteiger partial charge is 0.245 e. The summed E-state index contributed by atoms with van der Waals surface area (Å²) >= 11 is 6.03. The molecule has 2 aromatic rings. The molecular weight excluding hydrogens is 321 g/mol. The molecule has 120 valence electrons. The van der Waals surface area contributed by atoms with Crippen molar-refractivity contribution in [3.05, 3.63) is 47.0 Å². The molecule has 23 heavy (non-hydrogen) atoms. The van der Waals surface area contributed by atoms with Crippen molar-refractivity contribution >= 4 is 29.1 Å². The van der Waals surface area contributed by atoms with E-state index in [1.54, 1.807) is 17.0 Å². The number of hydrogen-bond acceptors (Lipinski definition) is 5. The molecule has 0 spiro atoms. The third-order valence-electron chi connectivity index (χ3n) is 3.71. The van der Waals surface area contributed by atoms with Crippen LogP contribution in [0.25, 0.3) is 0 Å². The van der Waals surface area contributed by atoms with Gasteiger partial charge in [0.15, 0.2) is 5.82 Å². The van der Waals surface area contributed by atoms with Gasteiger partial charge in [-0.05, 0) is 24.1 Å². The summed E-state index contributed by atoms with van der Waals surface area (Å²) in [6.45, 7) is 1.04. The van der Waals surface area contributed by atoms with Crippen LogP contribution in [0.4, 0.5) is 16.0 Å². The highest BCUT2D eigenvalue weighted by Crippen LogP contribution is 2.26. The predicted octanol–water partition coefficient (Wildman–Crippen LogP) is 2.06. The first-order valence-electron chi connectivity index (χ1n) is 7.10. The summed E-state index contributed by atoms with van der Waals surface area (Å²) in [6, 6.07) is 5.70. The highest BCUT2D eigenvalue weighted by molar-refractivity contribution is 6.35. The number of carbonyl (C=O) groups is 1. The Labute approximate surface area is 137 Å². The number of anilines is 2. The van der Waals surface area contributed by atoms with Crippen LogP contribution >= 0.6 is 11.6 Å². The topological polar surface area (TPSA) is 84.1 Å². The minimum absolute atomic E-state index is 0.0532. The monoisotopic (exact) mass is 335 g/mol. The fraction of sp³-hybridized carbons (Fsp3) is 0.267. The summed E-state index contributed by atoms with van der Waals surface area (Å²) in [5, 5.41) is 3.22. The molecule has 1 aromatic carbocycles. The first-order valence-corrected chi connectivity index (χ1v) is 7.48. The van der Waals surface area contributed by atoms with Crippen molar-refractivity contribution < 1.29 is 9.18 Å². The lowest BCUT2D eigenvalue weighted by molar-refractivity contribution is -0.128. The van der Waals surface area contributed by atoms with Crippen molar-refractivity contribution in [3.8, 4) is 0 Å². The molecule has 0 radical (unpaired) electrons. The standard InChI is InChI=1S/C15H15ClFN5O/c16-12-13(18)19-8-20-14(12)21-11-5-6-22(15(11)23)7-9-1-3-10(17)4-2-9/h1-4,8,11H,5-7H2,(H3,18,19,20,21). The number of hydrogen-bond donors (Lipinski definition) is 2. The number of benzene rings is 1. The van der Waals surface area contributed by atoms with E-state index in [-0.39, 0.29) is 22.6 Å². The van der Waals surface area contributed by atoms with Gasteiger partial charge in [0.1, 0.15) is 29.0 Å². The SMILES string of the molecule is Nc1ncnc(NC2CCN(Cc3ccc(F)cc3)C2=O)c1Cl. The Bertz CT molecular complexity index is 724. The van der Waals surface area contributed by atoms with Crippen molar-refractivity contribution in [2.75, 3.05) is 17.6 Å². The van der Waals surface area contributed by atoms with E-state index < -0.39 is 6.04 Å². The number of nitrogen functional groups attached to an aromatic ring is 1. The number of likely N-dealkylation sites (tertiary alicyclic amines) is 1. The maximum absolute atomic E-state index is 12.9. The lowest BCUT2D eigenvalue weighted by atomic mass is 10.2. The summed E-state index contributed by atoms with van der Waals surface area (Å²) in [5.74, 6) is 0.165. The van der Waals surface area contributed by atoms with Crippen LogP contribution in [-0.2, 0) is 11.3 Å². The summed E-state index contributed by atoms with van der Waals surface area (Å²) in [4.78, 5) is 21.9. The number of amides is 1. The van der Waals surface area contributed by atoms with Gasteiger partial charge in [0, 0.05) is 13.1 Å². The van der Waals surface area contributed by atoms with Gasteiger partial charge >= 0.3 is 0 Å². The van der Waals surface area contributed by atoms with E-state index in [9.17, 15) is 9.18 Å². The van der Waals surface area contributed by atoms with Gasteiger partial charge in [-0.1, -0.05) is 23.7 Å². The fourth-order valence-electron chi connectivity index (χ4n) is 2.49. The second-order valence-corrected chi connectivity index (χ2v) is 5.67. The molecule has 0 aliphatic carbocycles. The van der Waals surface area contributed by atoms with Gasteiger partial charge in [-0.15, -0.1) is 0 Å². The highest BCUT2D eigenvalue weighted by Gasteiger charge is 2.32. The van der Waals surface area contributed by atoms with E-state index in [2.05, 4.69) is 15.3 Å². The number of rotatable bonds is 4. The van der Waals surface area contributed by atoms with E-state index in [0.717, 1.165) is 5.56 Å². The second-order valence-electron chi connectivity index (χ2n) is 5.29. The number of nitrogens with one attached hydrogen (secondary N) is 1. The normalized spacial score (nSPS) is 17.6. The number of nitrogens with zero attached hydrogens (tertiary/aromatic N) is 3. The van der Waals surface area contributed by atoms with Crippen LogP contribution in [-0.4, -0.2) is 33.4 Å². The molecule has 2 heterocycles. The van der Waals surface area contributed by atoms with E-state index in [1.165, 1.54) is 18.5 Å². The van der Waals surface area contributed by atoms with E-state index >= 15 is 0 Å². The van der Waals surface area contributed by atoms with Crippen molar-refractivity contribution in [2.24, 2.45) is 0 Å². The summed E-state index contributed by atoms with van der Waals surface area (Å²) in [7, 11) is 0. The molecule has 3 N–H and O–H groups in total. The summed E-state index contributed by atoms with van der Waals surface area (Å²) < 4.78 is 12.9. The molecule has 1 amide bonds. The Hall–Kier alpha value is -2.41. The first-order chi connectivity index (χ1) is 11.0. The molecule has 1 saturated heterocycles. The molecule has 0 bridgehead atoms. The maximum atomic E-state index is 12.9. The van der Waals surface area contributed by atoms with Crippen LogP contribution in [0.1, 0.15) is 12.0 Å². The molecule has 6 nitrogen and oxygen atoms in total. The molecule has 1 atom stereocenters. The molecule has 0 saturated carbocycles. The molecule has 1 unspecified atom stereocenters. The molecule has 1 fully saturated rings. The zero-order chi connectivity index (χ0) is 16.4. The minimum Gasteiger partial charge on any atom is -0.382 e. The third-order valence-corrected chi connectivity index (χ3v) is 4.08. The number of aromatic nitrogens is 2. The van der Waals surface area contributed by atoms with Gasteiger partial charge in [0.2, 0.25) is 5.91 Å². The Kier molecular flexibility index (Phi) is 4.29. The van der Waals surface area contributed by atoms with Crippen LogP contribution in [0.5, 0.6) is 0 Å². The van der Waals surface area contributed by atoms with Crippen LogP contribution in [0.15, 0.2) is 30.6 Å². The zero-order valence-corrected chi connectivity index (χ0v) is 12.9. The van der Waals surface area contributed by atoms with Gasteiger partial charge < -0.3 is 16.0 Å². The number of carbonyl (C=O) groups excluding carboxylic acids is 1. The quantitative estimate of drug-likeness (QED) is 0.893. The van der Waals surface area contributed by atoms with Gasteiger partial charge in [-0.25, -0.2) is 14.4 Å². The molecule has 1 aliphatic rings. The van der Waals surface area contributed by atoms with Crippen LogP contribution in [0.3, 0.4) is 0 Å². The third kappa shape index (κ3) is 3.34. The highest BCUT2D eigenvalue weighted by atomic mass is 35.5. The average Bonchev–Trinajstić information content (AvgIpc) is 2.87. The van der Waals surface area contributed by atoms with Crippen molar-refractivity contribution in [3.63, 3.8) is 0 Å². The number of nitrogens with two attached hydrogens (primary N) is 1. The Morgan fingerprint density at radius 3 is 2.83 bits per heavy atom. The predicted molar refractivity (Wildman–Crippen MR) is 85.3 cm³/mol. The minimum atomic E-state index is -0.415. The van der Waals surface area contributed by atoms with E-state index in [0.29, 0.717) is 25.3 Å². The van der Waals surface area contributed by atoms with E-state index in [4.69, 9.17) is 17.3 Å². The Morgan fingerprint density at radius 1 is 1.35 bits per heavy atom. The second kappa shape index (κ2) is 6.37. The van der Waals surface area contributed by atoms with Crippen molar-refractivity contribution in [2.45, 2.75) is 19.0 Å². The maximum Gasteiger partial charge on any atom is 0.245 e. The molecule has 8 heteroatoms. The molecule has 3 rings (SSSR count). The first kappa shape index (κ1) is 15.5. The van der Waals surface area contributed by atoms with Gasteiger partial charge in [-0.2, -0.15) is 0 Å². The van der Waals surface area contributed by atoms with Crippen molar-refractivity contribution in [1.29, 1.82) is 0 Å². The molecule has 1 aliphatic heterocycles. The Morgan fingerprint density at radius 2 is 2.09 bits per heavy atom. The van der Waals surface area contributed by atoms with E-state index in [1.807, 2.05) is 0 Å². The fourth-order valence-corrected chi connectivity index (χ4v) is 2.64. The van der Waals surface area contributed by atoms with Crippen LogP contribution < -0.4 is 11.1 Å².